The Balaban J connectivity index is 1.84. The Morgan fingerprint density at radius 3 is 2.62 bits per heavy atom. The highest BCUT2D eigenvalue weighted by Gasteiger charge is 2.41. The Bertz CT molecular complexity index is 1110. The highest BCUT2D eigenvalue weighted by atomic mass is 79.9. The van der Waals surface area contributed by atoms with Crippen LogP contribution in [0.1, 0.15) is 18.1 Å². The van der Waals surface area contributed by atoms with Gasteiger partial charge in [-0.05, 0) is 60.2 Å². The molecule has 1 fully saturated rings. The van der Waals surface area contributed by atoms with Crippen molar-refractivity contribution in [1.29, 1.82) is 0 Å². The fraction of sp³-hybridized carbons (Fsp3) is 0.227. The van der Waals surface area contributed by atoms with E-state index in [-0.39, 0.29) is 17.3 Å². The van der Waals surface area contributed by atoms with Crippen LogP contribution in [0.3, 0.4) is 0 Å². The van der Waals surface area contributed by atoms with Crippen LogP contribution in [0.4, 0.5) is 9.18 Å². The quantitative estimate of drug-likeness (QED) is 0.381. The Hall–Kier alpha value is -2.85. The number of rotatable bonds is 7. The summed E-state index contributed by atoms with van der Waals surface area (Å²) in [4.78, 5) is 37.8. The maximum Gasteiger partial charge on any atom is 0.328 e. The molecular formula is C22H19BrFNO6S. The molecule has 0 saturated carbocycles. The SMILES string of the molecule is COC(=O)[C@H](C)N1C(=O)S/C(=C/c2cc(OC)c(OCc3cccc(F)c3)cc2Br)C1=O. The van der Waals surface area contributed by atoms with Gasteiger partial charge >= 0.3 is 5.97 Å². The van der Waals surface area contributed by atoms with Gasteiger partial charge in [-0.1, -0.05) is 28.1 Å². The first-order valence-corrected chi connectivity index (χ1v) is 11.0. The molecule has 0 unspecified atom stereocenters. The molecule has 1 aliphatic heterocycles. The molecule has 0 bridgehead atoms. The van der Waals surface area contributed by atoms with Gasteiger partial charge in [-0.25, -0.2) is 9.18 Å². The Morgan fingerprint density at radius 1 is 1.22 bits per heavy atom. The van der Waals surface area contributed by atoms with Crippen molar-refractivity contribution in [2.45, 2.75) is 19.6 Å². The Labute approximate surface area is 196 Å². The van der Waals surface area contributed by atoms with Crippen LogP contribution in [0, 0.1) is 5.82 Å². The van der Waals surface area contributed by atoms with Crippen LogP contribution in [0.15, 0.2) is 45.8 Å². The molecule has 0 spiro atoms. The average molecular weight is 524 g/mol. The van der Waals surface area contributed by atoms with Crippen LogP contribution >= 0.6 is 27.7 Å². The third kappa shape index (κ3) is 5.13. The van der Waals surface area contributed by atoms with Crippen molar-refractivity contribution >= 4 is 50.9 Å². The number of nitrogens with zero attached hydrogens (tertiary/aromatic N) is 1. The number of hydrogen-bond donors (Lipinski definition) is 0. The summed E-state index contributed by atoms with van der Waals surface area (Å²) in [5, 5.41) is -0.558. The Kier molecular flexibility index (Phi) is 7.57. The fourth-order valence-electron chi connectivity index (χ4n) is 2.95. The second-order valence-corrected chi connectivity index (χ2v) is 8.54. The van der Waals surface area contributed by atoms with E-state index in [1.54, 1.807) is 24.3 Å². The van der Waals surface area contributed by atoms with Crippen LogP contribution in [0.5, 0.6) is 11.5 Å². The molecule has 1 heterocycles. The largest absolute Gasteiger partial charge is 0.493 e. The van der Waals surface area contributed by atoms with E-state index in [0.717, 1.165) is 16.7 Å². The fourth-order valence-corrected chi connectivity index (χ4v) is 4.29. The number of hydrogen-bond acceptors (Lipinski definition) is 7. The molecule has 7 nitrogen and oxygen atoms in total. The number of halogens is 2. The van der Waals surface area contributed by atoms with Gasteiger partial charge in [-0.3, -0.25) is 14.5 Å². The first kappa shape index (κ1) is 23.8. The van der Waals surface area contributed by atoms with Gasteiger partial charge in [0.1, 0.15) is 18.5 Å². The van der Waals surface area contributed by atoms with Crippen LogP contribution in [0.2, 0.25) is 0 Å². The predicted octanol–water partition coefficient (Wildman–Crippen LogP) is 4.77. The standard InChI is InChI=1S/C22H19BrFNO6S/c1-12(21(27)30-3)25-20(26)19(32-22(25)28)9-14-8-17(29-2)18(10-16(14)23)31-11-13-5-4-6-15(24)7-13/h4-10,12H,11H2,1-3H3/b19-9+/t12-/m0/s1. The zero-order valence-corrected chi connectivity index (χ0v) is 19.8. The lowest BCUT2D eigenvalue weighted by molar-refractivity contribution is -0.148. The van der Waals surface area contributed by atoms with Crippen molar-refractivity contribution in [2.75, 3.05) is 14.2 Å². The van der Waals surface area contributed by atoms with Gasteiger partial charge in [-0.2, -0.15) is 0 Å². The number of carbonyl (C=O) groups excluding carboxylic acids is 3. The number of ether oxygens (including phenoxy) is 3. The molecule has 168 valence electrons. The normalized spacial score (nSPS) is 15.8. The minimum Gasteiger partial charge on any atom is -0.493 e. The molecule has 3 rings (SSSR count). The van der Waals surface area contributed by atoms with Crippen LogP contribution in [0.25, 0.3) is 6.08 Å². The lowest BCUT2D eigenvalue weighted by atomic mass is 10.1. The number of esters is 1. The molecule has 1 atom stereocenters. The minimum atomic E-state index is -1.03. The van der Waals surface area contributed by atoms with Crippen molar-refractivity contribution in [1.82, 2.24) is 4.90 Å². The number of thioether (sulfide) groups is 1. The number of carbonyl (C=O) groups is 3. The summed E-state index contributed by atoms with van der Waals surface area (Å²) in [6.07, 6.45) is 1.53. The third-order valence-electron chi connectivity index (χ3n) is 4.61. The predicted molar refractivity (Wildman–Crippen MR) is 121 cm³/mol. The van der Waals surface area contributed by atoms with Crippen molar-refractivity contribution in [2.24, 2.45) is 0 Å². The van der Waals surface area contributed by atoms with Gasteiger partial charge in [-0.15, -0.1) is 0 Å². The van der Waals surface area contributed by atoms with Gasteiger partial charge in [0.2, 0.25) is 0 Å². The summed E-state index contributed by atoms with van der Waals surface area (Å²) in [6.45, 7) is 1.55. The number of methoxy groups -OCH3 is 2. The van der Waals surface area contributed by atoms with E-state index in [0.29, 0.717) is 27.1 Å². The van der Waals surface area contributed by atoms with Crippen molar-refractivity contribution < 1.29 is 33.0 Å². The second-order valence-electron chi connectivity index (χ2n) is 6.69. The second kappa shape index (κ2) is 10.2. The Morgan fingerprint density at radius 2 is 1.97 bits per heavy atom. The molecule has 0 radical (unpaired) electrons. The molecule has 2 aromatic rings. The summed E-state index contributed by atoms with van der Waals surface area (Å²) in [5.74, 6) is -0.831. The van der Waals surface area contributed by atoms with Crippen molar-refractivity contribution in [3.05, 3.63) is 62.7 Å². The molecule has 1 saturated heterocycles. The summed E-state index contributed by atoms with van der Waals surface area (Å²) in [7, 11) is 2.66. The first-order valence-electron chi connectivity index (χ1n) is 9.34. The maximum atomic E-state index is 13.4. The topological polar surface area (TPSA) is 82.1 Å². The monoisotopic (exact) mass is 523 g/mol. The molecule has 32 heavy (non-hydrogen) atoms. The zero-order chi connectivity index (χ0) is 23.4. The molecule has 1 aliphatic rings. The minimum absolute atomic E-state index is 0.129. The molecule has 2 aromatic carbocycles. The summed E-state index contributed by atoms with van der Waals surface area (Å²) < 4.78 is 29.7. The van der Waals surface area contributed by atoms with Gasteiger partial charge in [0.15, 0.2) is 11.5 Å². The summed E-state index contributed by atoms with van der Waals surface area (Å²) in [5.41, 5.74) is 1.22. The van der Waals surface area contributed by atoms with Crippen LogP contribution < -0.4 is 9.47 Å². The lowest BCUT2D eigenvalue weighted by Crippen LogP contribution is -2.42. The van der Waals surface area contributed by atoms with Gasteiger partial charge < -0.3 is 14.2 Å². The van der Waals surface area contributed by atoms with E-state index in [4.69, 9.17) is 9.47 Å². The molecule has 10 heteroatoms. The maximum absolute atomic E-state index is 13.4. The highest BCUT2D eigenvalue weighted by Crippen LogP contribution is 2.38. The molecule has 2 amide bonds. The van der Waals surface area contributed by atoms with E-state index in [2.05, 4.69) is 20.7 Å². The van der Waals surface area contributed by atoms with Crippen LogP contribution in [-0.2, 0) is 20.9 Å². The number of imide groups is 1. The van der Waals surface area contributed by atoms with Gasteiger partial charge in [0, 0.05) is 4.47 Å². The zero-order valence-electron chi connectivity index (χ0n) is 17.4. The van der Waals surface area contributed by atoms with Crippen molar-refractivity contribution in [3.63, 3.8) is 0 Å². The molecular weight excluding hydrogens is 505 g/mol. The first-order chi connectivity index (χ1) is 15.2. The smallest absolute Gasteiger partial charge is 0.328 e. The van der Waals surface area contributed by atoms with Gasteiger partial charge in [0.05, 0.1) is 19.1 Å². The number of amides is 2. The van der Waals surface area contributed by atoms with E-state index in [1.165, 1.54) is 39.4 Å². The van der Waals surface area contributed by atoms with E-state index in [1.807, 2.05) is 0 Å². The lowest BCUT2D eigenvalue weighted by Gasteiger charge is -2.18. The van der Waals surface area contributed by atoms with Crippen LogP contribution in [-0.4, -0.2) is 42.3 Å². The highest BCUT2D eigenvalue weighted by molar-refractivity contribution is 9.10. The van der Waals surface area contributed by atoms with E-state index >= 15 is 0 Å². The van der Waals surface area contributed by atoms with Gasteiger partial charge in [0.25, 0.3) is 11.1 Å². The third-order valence-corrected chi connectivity index (χ3v) is 6.18. The number of benzene rings is 2. The average Bonchev–Trinajstić information content (AvgIpc) is 3.05. The summed E-state index contributed by atoms with van der Waals surface area (Å²) in [6, 6.07) is 8.33. The van der Waals surface area contributed by atoms with E-state index in [9.17, 15) is 18.8 Å². The molecule has 0 aliphatic carbocycles. The van der Waals surface area contributed by atoms with E-state index < -0.39 is 23.2 Å². The van der Waals surface area contributed by atoms with Crippen molar-refractivity contribution in [3.8, 4) is 11.5 Å². The molecule has 0 aromatic heterocycles. The summed E-state index contributed by atoms with van der Waals surface area (Å²) >= 11 is 4.17. The molecule has 0 N–H and O–H groups in total.